The summed E-state index contributed by atoms with van der Waals surface area (Å²) in [6.45, 7) is 3.08. The van der Waals surface area contributed by atoms with Crippen molar-refractivity contribution in [3.63, 3.8) is 0 Å². The van der Waals surface area contributed by atoms with Gasteiger partial charge in [-0.05, 0) is 39.3 Å². The van der Waals surface area contributed by atoms with Gasteiger partial charge < -0.3 is 15.5 Å². The molecule has 0 aromatic heterocycles. The number of piperidine rings is 2. The molecule has 2 aliphatic rings. The van der Waals surface area contributed by atoms with Gasteiger partial charge in [-0.2, -0.15) is 0 Å². The van der Waals surface area contributed by atoms with E-state index in [9.17, 15) is 4.79 Å². The van der Waals surface area contributed by atoms with Crippen LogP contribution in [0.5, 0.6) is 0 Å². The summed E-state index contributed by atoms with van der Waals surface area (Å²) in [5, 5.41) is 0. The predicted octanol–water partition coefficient (Wildman–Crippen LogP) is 0.0303. The highest BCUT2D eigenvalue weighted by Gasteiger charge is 2.32. The molecule has 0 aliphatic carbocycles. The average molecular weight is 211 g/mol. The van der Waals surface area contributed by atoms with Crippen LogP contribution in [0.3, 0.4) is 0 Å². The van der Waals surface area contributed by atoms with Gasteiger partial charge in [0.1, 0.15) is 0 Å². The van der Waals surface area contributed by atoms with Crippen LogP contribution in [-0.2, 0) is 4.79 Å². The third kappa shape index (κ3) is 2.32. The van der Waals surface area contributed by atoms with Crippen LogP contribution in [0.25, 0.3) is 0 Å². The lowest BCUT2D eigenvalue weighted by Crippen LogP contribution is -2.56. The predicted molar refractivity (Wildman–Crippen MR) is 59.4 cm³/mol. The van der Waals surface area contributed by atoms with Gasteiger partial charge in [-0.25, -0.2) is 0 Å². The molecule has 86 valence electrons. The van der Waals surface area contributed by atoms with Crippen molar-refractivity contribution >= 4 is 5.91 Å². The van der Waals surface area contributed by atoms with Gasteiger partial charge in [0.05, 0.1) is 6.04 Å². The molecular weight excluding hydrogens is 190 g/mol. The molecule has 2 unspecified atom stereocenters. The molecule has 2 heterocycles. The molecule has 15 heavy (non-hydrogen) atoms. The first kappa shape index (κ1) is 10.9. The molecular formula is C11H21N3O. The van der Waals surface area contributed by atoms with Gasteiger partial charge in [-0.1, -0.05) is 0 Å². The van der Waals surface area contributed by atoms with Crippen LogP contribution in [0, 0.1) is 0 Å². The molecule has 2 saturated heterocycles. The zero-order valence-electron chi connectivity index (χ0n) is 9.48. The number of nitrogens with zero attached hydrogens (tertiary/aromatic N) is 2. The molecule has 0 spiro atoms. The number of carbonyl (C=O) groups excluding carboxylic acids is 1. The zero-order chi connectivity index (χ0) is 10.8. The quantitative estimate of drug-likeness (QED) is 0.666. The van der Waals surface area contributed by atoms with Gasteiger partial charge in [0.25, 0.3) is 0 Å². The van der Waals surface area contributed by atoms with E-state index in [-0.39, 0.29) is 11.9 Å². The van der Waals surface area contributed by atoms with Crippen LogP contribution in [0.1, 0.15) is 25.7 Å². The van der Waals surface area contributed by atoms with Crippen molar-refractivity contribution in [2.45, 2.75) is 37.8 Å². The van der Waals surface area contributed by atoms with E-state index in [2.05, 4.69) is 11.9 Å². The maximum Gasteiger partial charge on any atom is 0.239 e. The maximum absolute atomic E-state index is 11.9. The SMILES string of the molecule is CN1CCCC(N2CCCC(N)C2=O)C1. The smallest absolute Gasteiger partial charge is 0.239 e. The molecule has 0 aromatic carbocycles. The van der Waals surface area contributed by atoms with Crippen molar-refractivity contribution in [2.24, 2.45) is 5.73 Å². The molecule has 0 saturated carbocycles. The van der Waals surface area contributed by atoms with Crippen LogP contribution < -0.4 is 5.73 Å². The van der Waals surface area contributed by atoms with E-state index in [1.165, 1.54) is 6.42 Å². The normalized spacial score (nSPS) is 34.5. The van der Waals surface area contributed by atoms with Gasteiger partial charge in [-0.3, -0.25) is 4.79 Å². The number of likely N-dealkylation sites (N-methyl/N-ethyl adjacent to an activating group) is 1. The minimum atomic E-state index is -0.244. The summed E-state index contributed by atoms with van der Waals surface area (Å²) in [5.74, 6) is 0.168. The fourth-order valence-corrected chi connectivity index (χ4v) is 2.68. The van der Waals surface area contributed by atoms with Gasteiger partial charge in [0.2, 0.25) is 5.91 Å². The third-order valence-corrected chi connectivity index (χ3v) is 3.55. The molecule has 2 fully saturated rings. The van der Waals surface area contributed by atoms with Gasteiger partial charge in [0.15, 0.2) is 0 Å². The Hall–Kier alpha value is -0.610. The van der Waals surface area contributed by atoms with Crippen molar-refractivity contribution in [2.75, 3.05) is 26.7 Å². The van der Waals surface area contributed by atoms with E-state index < -0.39 is 0 Å². The number of nitrogens with two attached hydrogens (primary N) is 1. The number of hydrogen-bond donors (Lipinski definition) is 1. The summed E-state index contributed by atoms with van der Waals surface area (Å²) in [6.07, 6.45) is 4.26. The van der Waals surface area contributed by atoms with Crippen LogP contribution in [0.4, 0.5) is 0 Å². The van der Waals surface area contributed by atoms with Crippen LogP contribution in [-0.4, -0.2) is 54.5 Å². The maximum atomic E-state index is 11.9. The third-order valence-electron chi connectivity index (χ3n) is 3.55. The standard InChI is InChI=1S/C11H21N3O/c1-13-6-2-4-9(8-13)14-7-3-5-10(12)11(14)15/h9-10H,2-8,12H2,1H3. The van der Waals surface area contributed by atoms with Gasteiger partial charge >= 0.3 is 0 Å². The zero-order valence-corrected chi connectivity index (χ0v) is 9.48. The van der Waals surface area contributed by atoms with E-state index in [4.69, 9.17) is 5.73 Å². The van der Waals surface area contributed by atoms with E-state index in [1.54, 1.807) is 0 Å². The second-order valence-electron chi connectivity index (χ2n) is 4.84. The monoisotopic (exact) mass is 211 g/mol. The lowest BCUT2D eigenvalue weighted by atomic mass is 9.99. The van der Waals surface area contributed by atoms with Crippen molar-refractivity contribution in [1.82, 2.24) is 9.80 Å². The number of amides is 1. The summed E-state index contributed by atoms with van der Waals surface area (Å²) in [5.41, 5.74) is 5.81. The highest BCUT2D eigenvalue weighted by molar-refractivity contribution is 5.82. The molecule has 0 radical (unpaired) electrons. The number of hydrogen-bond acceptors (Lipinski definition) is 3. The highest BCUT2D eigenvalue weighted by atomic mass is 16.2. The first-order chi connectivity index (χ1) is 7.18. The molecule has 1 amide bonds. The number of likely N-dealkylation sites (tertiary alicyclic amines) is 2. The van der Waals surface area contributed by atoms with Crippen molar-refractivity contribution in [3.05, 3.63) is 0 Å². The highest BCUT2D eigenvalue weighted by Crippen LogP contribution is 2.19. The Balaban J connectivity index is 1.99. The van der Waals surface area contributed by atoms with Gasteiger partial charge in [0, 0.05) is 19.1 Å². The van der Waals surface area contributed by atoms with Crippen LogP contribution in [0.15, 0.2) is 0 Å². The van der Waals surface area contributed by atoms with E-state index >= 15 is 0 Å². The Kier molecular flexibility index (Phi) is 3.26. The Morgan fingerprint density at radius 3 is 2.73 bits per heavy atom. The van der Waals surface area contributed by atoms with Crippen molar-refractivity contribution < 1.29 is 4.79 Å². The molecule has 4 heteroatoms. The largest absolute Gasteiger partial charge is 0.337 e. The Labute approximate surface area is 91.4 Å². The lowest BCUT2D eigenvalue weighted by molar-refractivity contribution is -0.138. The van der Waals surface area contributed by atoms with Crippen molar-refractivity contribution in [3.8, 4) is 0 Å². The van der Waals surface area contributed by atoms with E-state index in [0.29, 0.717) is 6.04 Å². The lowest BCUT2D eigenvalue weighted by Gasteiger charge is -2.41. The average Bonchev–Trinajstić information content (AvgIpc) is 2.22. The molecule has 2 N–H and O–H groups in total. The molecule has 2 rings (SSSR count). The van der Waals surface area contributed by atoms with Crippen molar-refractivity contribution in [1.29, 1.82) is 0 Å². The number of carbonyl (C=O) groups is 1. The second-order valence-corrected chi connectivity index (χ2v) is 4.84. The number of rotatable bonds is 1. The van der Waals surface area contributed by atoms with Gasteiger partial charge in [-0.15, -0.1) is 0 Å². The first-order valence-electron chi connectivity index (χ1n) is 5.93. The van der Waals surface area contributed by atoms with E-state index in [1.807, 2.05) is 4.90 Å². The molecule has 4 nitrogen and oxygen atoms in total. The van der Waals surface area contributed by atoms with Crippen LogP contribution >= 0.6 is 0 Å². The minimum Gasteiger partial charge on any atom is -0.337 e. The summed E-state index contributed by atoms with van der Waals surface area (Å²) in [4.78, 5) is 16.2. The van der Waals surface area contributed by atoms with Crippen LogP contribution in [0.2, 0.25) is 0 Å². The molecule has 2 aliphatic heterocycles. The minimum absolute atomic E-state index is 0.168. The summed E-state index contributed by atoms with van der Waals surface area (Å²) in [6, 6.07) is 0.161. The first-order valence-corrected chi connectivity index (χ1v) is 5.93. The van der Waals surface area contributed by atoms with E-state index in [0.717, 1.165) is 38.9 Å². The summed E-state index contributed by atoms with van der Waals surface area (Å²) < 4.78 is 0. The fraction of sp³-hybridized carbons (Fsp3) is 0.909. The fourth-order valence-electron chi connectivity index (χ4n) is 2.68. The Morgan fingerprint density at radius 2 is 2.00 bits per heavy atom. The Bertz CT molecular complexity index is 244. The Morgan fingerprint density at radius 1 is 1.27 bits per heavy atom. The second kappa shape index (κ2) is 4.49. The molecule has 0 bridgehead atoms. The molecule has 0 aromatic rings. The summed E-state index contributed by atoms with van der Waals surface area (Å²) in [7, 11) is 2.13. The topological polar surface area (TPSA) is 49.6 Å². The molecule has 2 atom stereocenters. The summed E-state index contributed by atoms with van der Waals surface area (Å²) >= 11 is 0.